The number of amides is 1. The van der Waals surface area contributed by atoms with E-state index in [0.717, 1.165) is 17.5 Å². The first-order valence-electron chi connectivity index (χ1n) is 8.38. The van der Waals surface area contributed by atoms with Gasteiger partial charge in [-0.1, -0.05) is 43.7 Å². The number of hydrogen-bond donors (Lipinski definition) is 1. The fourth-order valence-corrected chi connectivity index (χ4v) is 3.74. The van der Waals surface area contributed by atoms with Crippen molar-refractivity contribution in [1.29, 1.82) is 0 Å². The van der Waals surface area contributed by atoms with Gasteiger partial charge in [-0.25, -0.2) is 8.42 Å². The molecule has 0 atom stereocenters. The largest absolute Gasteiger partial charge is 0.455 e. The van der Waals surface area contributed by atoms with Crippen LogP contribution in [0.25, 0.3) is 0 Å². The summed E-state index contributed by atoms with van der Waals surface area (Å²) >= 11 is 0. The summed E-state index contributed by atoms with van der Waals surface area (Å²) in [5.74, 6) is 0.331. The minimum Gasteiger partial charge on any atom is -0.455 e. The molecule has 1 amide bonds. The molecule has 0 saturated heterocycles. The zero-order valence-electron chi connectivity index (χ0n) is 14.9. The van der Waals surface area contributed by atoms with Gasteiger partial charge in [0, 0.05) is 6.54 Å². The highest BCUT2D eigenvalue weighted by Crippen LogP contribution is 2.16. The number of carbonyl (C=O) groups excluding carboxylic acids is 1. The lowest BCUT2D eigenvalue weighted by molar-refractivity contribution is 0.0923. The summed E-state index contributed by atoms with van der Waals surface area (Å²) in [5.41, 5.74) is 1.82. The molecule has 0 radical (unpaired) electrons. The molecular formula is C19H25NO4S. The first-order chi connectivity index (χ1) is 11.7. The van der Waals surface area contributed by atoms with Crippen LogP contribution in [0, 0.1) is 12.8 Å². The van der Waals surface area contributed by atoms with Gasteiger partial charge in [-0.15, -0.1) is 0 Å². The molecule has 0 unspecified atom stereocenters. The standard InChI is InChI=1S/C19H25NO4S/c1-14(2)10-11-20-19(21)18-9-8-17(24-18)13-25(22,23)12-16-6-4-15(3)5-7-16/h4-9,14H,10-13H2,1-3H3,(H,20,21). The number of rotatable bonds is 8. The highest BCUT2D eigenvalue weighted by atomic mass is 32.2. The number of carbonyl (C=O) groups is 1. The van der Waals surface area contributed by atoms with Crippen molar-refractivity contribution in [2.24, 2.45) is 5.92 Å². The van der Waals surface area contributed by atoms with Crippen LogP contribution in [0.4, 0.5) is 0 Å². The minimum atomic E-state index is -3.37. The Hall–Kier alpha value is -2.08. The van der Waals surface area contributed by atoms with E-state index in [1.54, 1.807) is 6.07 Å². The fraction of sp³-hybridized carbons (Fsp3) is 0.421. The average molecular weight is 363 g/mol. The predicted molar refractivity (Wildman–Crippen MR) is 98.0 cm³/mol. The molecule has 1 aromatic carbocycles. The van der Waals surface area contributed by atoms with Crippen LogP contribution in [0.3, 0.4) is 0 Å². The minimum absolute atomic E-state index is 0.0517. The molecule has 0 aliphatic heterocycles. The molecular weight excluding hydrogens is 338 g/mol. The van der Waals surface area contributed by atoms with E-state index in [0.29, 0.717) is 12.5 Å². The zero-order chi connectivity index (χ0) is 18.4. The highest BCUT2D eigenvalue weighted by Gasteiger charge is 2.18. The second-order valence-electron chi connectivity index (χ2n) is 6.72. The van der Waals surface area contributed by atoms with E-state index in [1.807, 2.05) is 31.2 Å². The Morgan fingerprint density at radius 1 is 1.08 bits per heavy atom. The summed E-state index contributed by atoms with van der Waals surface area (Å²) < 4.78 is 30.0. The van der Waals surface area contributed by atoms with Gasteiger partial charge in [0.1, 0.15) is 11.5 Å². The van der Waals surface area contributed by atoms with E-state index >= 15 is 0 Å². The first kappa shape index (κ1) is 19.2. The van der Waals surface area contributed by atoms with Gasteiger partial charge in [-0.3, -0.25) is 4.79 Å². The van der Waals surface area contributed by atoms with E-state index in [-0.39, 0.29) is 28.9 Å². The second-order valence-corrected chi connectivity index (χ2v) is 8.79. The van der Waals surface area contributed by atoms with Crippen LogP contribution in [-0.2, 0) is 21.3 Å². The van der Waals surface area contributed by atoms with Gasteiger partial charge in [-0.05, 0) is 37.0 Å². The molecule has 1 heterocycles. The fourth-order valence-electron chi connectivity index (χ4n) is 2.35. The van der Waals surface area contributed by atoms with Gasteiger partial charge in [0.05, 0.1) is 5.75 Å². The SMILES string of the molecule is Cc1ccc(CS(=O)(=O)Cc2ccc(C(=O)NCCC(C)C)o2)cc1. The smallest absolute Gasteiger partial charge is 0.286 e. The van der Waals surface area contributed by atoms with Gasteiger partial charge in [0.2, 0.25) is 0 Å². The van der Waals surface area contributed by atoms with E-state index in [4.69, 9.17) is 4.42 Å². The highest BCUT2D eigenvalue weighted by molar-refractivity contribution is 7.89. The van der Waals surface area contributed by atoms with Crippen molar-refractivity contribution in [3.63, 3.8) is 0 Å². The monoisotopic (exact) mass is 363 g/mol. The number of benzene rings is 1. The number of sulfone groups is 1. The lowest BCUT2D eigenvalue weighted by atomic mass is 10.1. The Balaban J connectivity index is 1.95. The van der Waals surface area contributed by atoms with Gasteiger partial charge in [-0.2, -0.15) is 0 Å². The van der Waals surface area contributed by atoms with Crippen LogP contribution in [0.2, 0.25) is 0 Å². The second kappa shape index (κ2) is 8.34. The molecule has 0 aliphatic carbocycles. The van der Waals surface area contributed by atoms with Crippen LogP contribution in [-0.4, -0.2) is 20.9 Å². The third-order valence-electron chi connectivity index (χ3n) is 3.76. The maximum atomic E-state index is 12.3. The van der Waals surface area contributed by atoms with Gasteiger partial charge in [0.15, 0.2) is 15.6 Å². The van der Waals surface area contributed by atoms with E-state index in [2.05, 4.69) is 19.2 Å². The van der Waals surface area contributed by atoms with Crippen molar-refractivity contribution < 1.29 is 17.6 Å². The summed E-state index contributed by atoms with van der Waals surface area (Å²) in [5, 5.41) is 2.77. The predicted octanol–water partition coefficient (Wildman–Crippen LogP) is 3.48. The summed E-state index contributed by atoms with van der Waals surface area (Å²) in [6.07, 6.45) is 0.879. The van der Waals surface area contributed by atoms with Gasteiger partial charge >= 0.3 is 0 Å². The number of nitrogens with one attached hydrogen (secondary N) is 1. The quantitative estimate of drug-likeness (QED) is 0.779. The molecule has 2 aromatic rings. The first-order valence-corrected chi connectivity index (χ1v) is 10.2. The number of hydrogen-bond acceptors (Lipinski definition) is 4. The molecule has 0 spiro atoms. The molecule has 1 aromatic heterocycles. The average Bonchev–Trinajstić information content (AvgIpc) is 2.96. The summed E-state index contributed by atoms with van der Waals surface area (Å²) in [4.78, 5) is 12.0. The van der Waals surface area contributed by atoms with E-state index in [1.165, 1.54) is 6.07 Å². The van der Waals surface area contributed by atoms with Crippen molar-refractivity contribution >= 4 is 15.7 Å². The molecule has 0 bridgehead atoms. The Bertz CT molecular complexity index is 804. The number of furan rings is 1. The molecule has 136 valence electrons. The zero-order valence-corrected chi connectivity index (χ0v) is 15.7. The van der Waals surface area contributed by atoms with Crippen LogP contribution in [0.5, 0.6) is 0 Å². The van der Waals surface area contributed by atoms with Crippen molar-refractivity contribution in [2.45, 2.75) is 38.7 Å². The lowest BCUT2D eigenvalue weighted by Gasteiger charge is -2.05. The topological polar surface area (TPSA) is 76.4 Å². The number of aryl methyl sites for hydroxylation is 1. The molecule has 0 saturated carbocycles. The van der Waals surface area contributed by atoms with Crippen molar-refractivity contribution in [3.05, 3.63) is 59.0 Å². The molecule has 6 heteroatoms. The molecule has 5 nitrogen and oxygen atoms in total. The van der Waals surface area contributed by atoms with Crippen LogP contribution in [0.15, 0.2) is 40.8 Å². The summed E-state index contributed by atoms with van der Waals surface area (Å²) in [6, 6.07) is 10.4. The molecule has 0 fully saturated rings. The third kappa shape index (κ3) is 6.38. The summed E-state index contributed by atoms with van der Waals surface area (Å²) in [7, 11) is -3.37. The maximum absolute atomic E-state index is 12.3. The van der Waals surface area contributed by atoms with Gasteiger partial charge in [0.25, 0.3) is 5.91 Å². The molecule has 25 heavy (non-hydrogen) atoms. The van der Waals surface area contributed by atoms with E-state index < -0.39 is 9.84 Å². The molecule has 0 aliphatic rings. The Labute approximate surface area is 149 Å². The Kier molecular flexibility index (Phi) is 6.42. The van der Waals surface area contributed by atoms with Crippen molar-refractivity contribution in [2.75, 3.05) is 6.54 Å². The summed E-state index contributed by atoms with van der Waals surface area (Å²) in [6.45, 7) is 6.68. The lowest BCUT2D eigenvalue weighted by Crippen LogP contribution is -2.24. The molecule has 2 rings (SSSR count). The van der Waals surface area contributed by atoms with Crippen LogP contribution < -0.4 is 5.32 Å². The Morgan fingerprint density at radius 3 is 2.40 bits per heavy atom. The molecule has 1 N–H and O–H groups in total. The van der Waals surface area contributed by atoms with Gasteiger partial charge < -0.3 is 9.73 Å². The van der Waals surface area contributed by atoms with Crippen LogP contribution >= 0.6 is 0 Å². The maximum Gasteiger partial charge on any atom is 0.286 e. The van der Waals surface area contributed by atoms with E-state index in [9.17, 15) is 13.2 Å². The normalized spacial score (nSPS) is 11.7. The van der Waals surface area contributed by atoms with Crippen molar-refractivity contribution in [1.82, 2.24) is 5.32 Å². The Morgan fingerprint density at radius 2 is 1.76 bits per heavy atom. The third-order valence-corrected chi connectivity index (χ3v) is 5.26. The van der Waals surface area contributed by atoms with Crippen LogP contribution in [0.1, 0.15) is 47.7 Å². The van der Waals surface area contributed by atoms with Crippen molar-refractivity contribution in [3.8, 4) is 0 Å².